The van der Waals surface area contributed by atoms with E-state index in [9.17, 15) is 4.79 Å². The number of carbonyl (C=O) groups is 1. The van der Waals surface area contributed by atoms with Crippen LogP contribution in [-0.4, -0.2) is 30.6 Å². The maximum absolute atomic E-state index is 12.3. The van der Waals surface area contributed by atoms with Crippen LogP contribution >= 0.6 is 0 Å². The van der Waals surface area contributed by atoms with Gasteiger partial charge in [-0.3, -0.25) is 0 Å². The van der Waals surface area contributed by atoms with Gasteiger partial charge in [-0.15, -0.1) is 0 Å². The van der Waals surface area contributed by atoms with Gasteiger partial charge in [0.2, 0.25) is 0 Å². The molecule has 31 heavy (non-hydrogen) atoms. The Labute approximate surface area is 181 Å². The number of nitrogens with zero attached hydrogens (tertiary/aromatic N) is 2. The fourth-order valence-electron chi connectivity index (χ4n) is 4.25. The lowest BCUT2D eigenvalue weighted by Gasteiger charge is -2.30. The molecule has 3 aromatic carbocycles. The predicted octanol–water partition coefficient (Wildman–Crippen LogP) is 4.70. The van der Waals surface area contributed by atoms with Crippen LogP contribution in [0.3, 0.4) is 0 Å². The lowest BCUT2D eigenvalue weighted by Crippen LogP contribution is -2.41. The number of nitrogens with one attached hydrogen (secondary N) is 2. The quantitative estimate of drug-likeness (QED) is 0.497. The maximum Gasteiger partial charge on any atom is 0.315 e. The van der Waals surface area contributed by atoms with Crippen molar-refractivity contribution < 1.29 is 9.21 Å². The zero-order chi connectivity index (χ0) is 21.0. The number of piperidine rings is 1. The van der Waals surface area contributed by atoms with Crippen LogP contribution in [-0.2, 0) is 6.54 Å². The topological polar surface area (TPSA) is 70.4 Å². The van der Waals surface area contributed by atoms with Crippen LogP contribution in [0.25, 0.3) is 21.9 Å². The van der Waals surface area contributed by atoms with E-state index in [0.717, 1.165) is 42.6 Å². The second-order valence-electron chi connectivity index (χ2n) is 8.10. The molecule has 0 radical (unpaired) electrons. The molecule has 1 aromatic heterocycles. The molecule has 0 saturated carbocycles. The number of aromatic nitrogens is 1. The van der Waals surface area contributed by atoms with Gasteiger partial charge in [-0.25, -0.2) is 4.79 Å². The highest BCUT2D eigenvalue weighted by atomic mass is 16.4. The van der Waals surface area contributed by atoms with E-state index in [1.165, 1.54) is 10.8 Å². The SMILES string of the molecule is O=C(NCc1cccc2ccccc12)NCC1CCN(c2nc3ccccc3o2)CC1. The number of carbonyl (C=O) groups excluding carboxylic acids is 1. The highest BCUT2D eigenvalue weighted by molar-refractivity contribution is 5.86. The highest BCUT2D eigenvalue weighted by Gasteiger charge is 2.23. The third-order valence-electron chi connectivity index (χ3n) is 6.04. The van der Waals surface area contributed by atoms with Crippen LogP contribution in [0.2, 0.25) is 0 Å². The summed E-state index contributed by atoms with van der Waals surface area (Å²) in [6.45, 7) is 2.97. The second-order valence-corrected chi connectivity index (χ2v) is 8.10. The average Bonchev–Trinajstić information content (AvgIpc) is 3.26. The van der Waals surface area contributed by atoms with Gasteiger partial charge >= 0.3 is 6.03 Å². The van der Waals surface area contributed by atoms with Gasteiger partial charge in [0.05, 0.1) is 0 Å². The van der Waals surface area contributed by atoms with Crippen molar-refractivity contribution in [1.82, 2.24) is 15.6 Å². The molecule has 1 saturated heterocycles. The number of fused-ring (bicyclic) bond motifs is 2. The van der Waals surface area contributed by atoms with Crippen LogP contribution in [0.5, 0.6) is 0 Å². The molecule has 2 N–H and O–H groups in total. The van der Waals surface area contributed by atoms with Crippen LogP contribution in [0.1, 0.15) is 18.4 Å². The first kappa shape index (κ1) is 19.4. The summed E-state index contributed by atoms with van der Waals surface area (Å²) in [5.41, 5.74) is 2.84. The monoisotopic (exact) mass is 414 g/mol. The van der Waals surface area contributed by atoms with E-state index in [0.29, 0.717) is 25.0 Å². The van der Waals surface area contributed by atoms with E-state index in [1.54, 1.807) is 0 Å². The van der Waals surface area contributed by atoms with E-state index < -0.39 is 0 Å². The highest BCUT2D eigenvalue weighted by Crippen LogP contribution is 2.26. The summed E-state index contributed by atoms with van der Waals surface area (Å²) >= 11 is 0. The standard InChI is InChI=1S/C25H26N4O2/c30-24(27-17-20-8-5-7-19-6-1-2-9-21(19)20)26-16-18-12-14-29(15-13-18)25-28-22-10-3-4-11-23(22)31-25/h1-11,18H,12-17H2,(H2,26,27,30). The van der Waals surface area contributed by atoms with Gasteiger partial charge in [-0.05, 0) is 47.2 Å². The van der Waals surface area contributed by atoms with Crippen molar-refractivity contribution in [3.8, 4) is 0 Å². The number of oxazole rings is 1. The van der Waals surface area contributed by atoms with Crippen LogP contribution in [0.4, 0.5) is 10.8 Å². The Morgan fingerprint density at radius 1 is 0.968 bits per heavy atom. The number of rotatable bonds is 5. The summed E-state index contributed by atoms with van der Waals surface area (Å²) in [6, 6.07) is 22.8. The molecular weight excluding hydrogens is 388 g/mol. The Kier molecular flexibility index (Phi) is 5.44. The van der Waals surface area contributed by atoms with Gasteiger partial charge in [0.1, 0.15) is 5.52 Å². The first-order valence-electron chi connectivity index (χ1n) is 10.8. The minimum atomic E-state index is -0.116. The lowest BCUT2D eigenvalue weighted by atomic mass is 9.97. The fraction of sp³-hybridized carbons (Fsp3) is 0.280. The Morgan fingerprint density at radius 3 is 2.61 bits per heavy atom. The summed E-state index contributed by atoms with van der Waals surface area (Å²) in [6.07, 6.45) is 2.00. The Bertz CT molecular complexity index is 1160. The number of hydrogen-bond donors (Lipinski definition) is 2. The summed E-state index contributed by atoms with van der Waals surface area (Å²) in [7, 11) is 0. The molecule has 158 valence electrons. The van der Waals surface area contributed by atoms with Crippen molar-refractivity contribution in [2.75, 3.05) is 24.5 Å². The van der Waals surface area contributed by atoms with E-state index in [1.807, 2.05) is 42.5 Å². The minimum Gasteiger partial charge on any atom is -0.423 e. The van der Waals surface area contributed by atoms with Crippen molar-refractivity contribution in [3.05, 3.63) is 72.3 Å². The van der Waals surface area contributed by atoms with E-state index >= 15 is 0 Å². The van der Waals surface area contributed by atoms with Crippen molar-refractivity contribution in [2.24, 2.45) is 5.92 Å². The van der Waals surface area contributed by atoms with Crippen molar-refractivity contribution in [1.29, 1.82) is 0 Å². The smallest absolute Gasteiger partial charge is 0.315 e. The molecule has 4 aromatic rings. The molecule has 6 nitrogen and oxygen atoms in total. The normalized spacial score (nSPS) is 14.8. The van der Waals surface area contributed by atoms with E-state index in [4.69, 9.17) is 4.42 Å². The average molecular weight is 415 g/mol. The number of benzene rings is 3. The molecule has 2 heterocycles. The van der Waals surface area contributed by atoms with Gasteiger partial charge in [0.15, 0.2) is 5.58 Å². The third kappa shape index (κ3) is 4.33. The molecule has 0 atom stereocenters. The largest absolute Gasteiger partial charge is 0.423 e. The summed E-state index contributed by atoms with van der Waals surface area (Å²) < 4.78 is 5.88. The Balaban J connectivity index is 1.09. The van der Waals surface area contributed by atoms with Gasteiger partial charge in [0, 0.05) is 26.2 Å². The van der Waals surface area contributed by atoms with Gasteiger partial charge in [-0.2, -0.15) is 4.98 Å². The molecule has 0 unspecified atom stereocenters. The van der Waals surface area contributed by atoms with Crippen LogP contribution < -0.4 is 15.5 Å². The number of amides is 2. The van der Waals surface area contributed by atoms with Gasteiger partial charge < -0.3 is 20.0 Å². The molecule has 1 fully saturated rings. The van der Waals surface area contributed by atoms with Crippen LogP contribution in [0.15, 0.2) is 71.1 Å². The predicted molar refractivity (Wildman–Crippen MR) is 123 cm³/mol. The van der Waals surface area contributed by atoms with Crippen molar-refractivity contribution >= 4 is 33.9 Å². The Morgan fingerprint density at radius 2 is 1.74 bits per heavy atom. The molecule has 0 spiro atoms. The first-order valence-corrected chi connectivity index (χ1v) is 10.8. The summed E-state index contributed by atoms with van der Waals surface area (Å²) in [5.74, 6) is 0.462. The molecule has 2 amide bonds. The molecule has 0 aliphatic carbocycles. The van der Waals surface area contributed by atoms with E-state index in [2.05, 4.69) is 44.8 Å². The number of urea groups is 1. The van der Waals surface area contributed by atoms with E-state index in [-0.39, 0.29) is 6.03 Å². The van der Waals surface area contributed by atoms with Gasteiger partial charge in [-0.1, -0.05) is 54.6 Å². The van der Waals surface area contributed by atoms with Gasteiger partial charge in [0.25, 0.3) is 6.01 Å². The number of anilines is 1. The second kappa shape index (κ2) is 8.68. The number of para-hydroxylation sites is 2. The zero-order valence-corrected chi connectivity index (χ0v) is 17.4. The first-order chi connectivity index (χ1) is 15.3. The van der Waals surface area contributed by atoms with Crippen LogP contribution in [0, 0.1) is 5.92 Å². The fourth-order valence-corrected chi connectivity index (χ4v) is 4.25. The molecule has 1 aliphatic rings. The maximum atomic E-state index is 12.3. The molecule has 0 bridgehead atoms. The van der Waals surface area contributed by atoms with Crippen molar-refractivity contribution in [3.63, 3.8) is 0 Å². The summed E-state index contributed by atoms with van der Waals surface area (Å²) in [5, 5.41) is 8.40. The lowest BCUT2D eigenvalue weighted by molar-refractivity contribution is 0.237. The molecule has 6 heteroatoms. The minimum absolute atomic E-state index is 0.116. The summed E-state index contributed by atoms with van der Waals surface area (Å²) in [4.78, 5) is 19.1. The molecule has 5 rings (SSSR count). The number of hydrogen-bond acceptors (Lipinski definition) is 4. The Hall–Kier alpha value is -3.54. The molecular formula is C25H26N4O2. The third-order valence-corrected chi connectivity index (χ3v) is 6.04. The zero-order valence-electron chi connectivity index (χ0n) is 17.4. The molecule has 1 aliphatic heterocycles. The van der Waals surface area contributed by atoms with Crippen molar-refractivity contribution in [2.45, 2.75) is 19.4 Å².